The zero-order valence-electron chi connectivity index (χ0n) is 14.5. The van der Waals surface area contributed by atoms with Crippen molar-refractivity contribution >= 4 is 51.5 Å². The summed E-state index contributed by atoms with van der Waals surface area (Å²) in [5, 5.41) is 12.2. The normalized spacial score (nSPS) is 10.8. The molecule has 10 heteroatoms. The van der Waals surface area contributed by atoms with E-state index in [4.69, 9.17) is 11.6 Å². The first-order valence-corrected chi connectivity index (χ1v) is 9.40. The number of thiazole rings is 1. The molecule has 4 rings (SSSR count). The largest absolute Gasteiger partial charge is 0.311 e. The van der Waals surface area contributed by atoms with Gasteiger partial charge in [0.2, 0.25) is 10.9 Å². The van der Waals surface area contributed by atoms with Crippen LogP contribution in [0.2, 0.25) is 5.02 Å². The monoisotopic (exact) mass is 412 g/mol. The van der Waals surface area contributed by atoms with Crippen molar-refractivity contribution in [3.05, 3.63) is 58.6 Å². The molecule has 2 N–H and O–H groups in total. The minimum absolute atomic E-state index is 0.185. The number of nitrogens with one attached hydrogen (secondary N) is 2. The highest BCUT2D eigenvalue weighted by Crippen LogP contribution is 2.27. The van der Waals surface area contributed by atoms with Gasteiger partial charge in [0.05, 0.1) is 5.69 Å². The Labute approximate surface area is 168 Å². The number of fused-ring (bicyclic) bond motifs is 1. The lowest BCUT2D eigenvalue weighted by Gasteiger charge is -2.04. The SMILES string of the molecule is CC(=O)Nc1cc(C(=O)Nc2nc3scc(-c4ccc(Cl)cc4)n3n2)ccn1. The van der Waals surface area contributed by atoms with Crippen molar-refractivity contribution < 1.29 is 9.59 Å². The van der Waals surface area contributed by atoms with Crippen LogP contribution >= 0.6 is 22.9 Å². The molecule has 4 aromatic rings. The number of halogens is 1. The van der Waals surface area contributed by atoms with Gasteiger partial charge in [0.15, 0.2) is 0 Å². The predicted octanol–water partition coefficient (Wildman–Crippen LogP) is 3.72. The lowest BCUT2D eigenvalue weighted by Crippen LogP contribution is -2.14. The van der Waals surface area contributed by atoms with Crippen molar-refractivity contribution in [1.82, 2.24) is 19.6 Å². The number of carbonyl (C=O) groups is 2. The summed E-state index contributed by atoms with van der Waals surface area (Å²) < 4.78 is 1.67. The van der Waals surface area contributed by atoms with E-state index in [-0.39, 0.29) is 11.9 Å². The van der Waals surface area contributed by atoms with E-state index in [9.17, 15) is 9.59 Å². The molecular formula is C18H13ClN6O2S. The second kappa shape index (κ2) is 7.37. The number of hydrogen-bond donors (Lipinski definition) is 2. The summed E-state index contributed by atoms with van der Waals surface area (Å²) in [4.78, 5) is 32.6. The van der Waals surface area contributed by atoms with Gasteiger partial charge in [-0.2, -0.15) is 4.98 Å². The first-order valence-electron chi connectivity index (χ1n) is 8.15. The van der Waals surface area contributed by atoms with Crippen LogP contribution in [0.4, 0.5) is 11.8 Å². The smallest absolute Gasteiger partial charge is 0.258 e. The Morgan fingerprint density at radius 1 is 1.14 bits per heavy atom. The number of hydrogen-bond acceptors (Lipinski definition) is 6. The van der Waals surface area contributed by atoms with Gasteiger partial charge in [-0.25, -0.2) is 9.50 Å². The number of pyridine rings is 1. The topological polar surface area (TPSA) is 101 Å². The molecule has 0 aliphatic rings. The van der Waals surface area contributed by atoms with Gasteiger partial charge in [-0.05, 0) is 24.3 Å². The summed E-state index contributed by atoms with van der Waals surface area (Å²) in [6.07, 6.45) is 1.44. The number of anilines is 2. The highest BCUT2D eigenvalue weighted by Gasteiger charge is 2.15. The molecule has 0 aliphatic carbocycles. The van der Waals surface area contributed by atoms with Crippen molar-refractivity contribution in [3.8, 4) is 11.3 Å². The van der Waals surface area contributed by atoms with Gasteiger partial charge in [0, 0.05) is 34.7 Å². The van der Waals surface area contributed by atoms with Gasteiger partial charge < -0.3 is 5.32 Å². The molecule has 2 amide bonds. The van der Waals surface area contributed by atoms with E-state index in [1.807, 2.05) is 17.5 Å². The molecule has 28 heavy (non-hydrogen) atoms. The molecule has 0 fully saturated rings. The third-order valence-corrected chi connectivity index (χ3v) is 4.84. The maximum absolute atomic E-state index is 12.5. The molecule has 0 saturated carbocycles. The fourth-order valence-electron chi connectivity index (χ4n) is 2.55. The Hall–Kier alpha value is -3.30. The van der Waals surface area contributed by atoms with Crippen LogP contribution in [-0.2, 0) is 4.79 Å². The molecular weight excluding hydrogens is 400 g/mol. The van der Waals surface area contributed by atoms with Crippen molar-refractivity contribution in [2.24, 2.45) is 0 Å². The molecule has 140 valence electrons. The third-order valence-electron chi connectivity index (χ3n) is 3.77. The fraction of sp³-hybridized carbons (Fsp3) is 0.0556. The van der Waals surface area contributed by atoms with Crippen molar-refractivity contribution in [2.45, 2.75) is 6.92 Å². The molecule has 3 aromatic heterocycles. The second-order valence-corrected chi connectivity index (χ2v) is 7.10. The van der Waals surface area contributed by atoms with Crippen LogP contribution in [0.3, 0.4) is 0 Å². The van der Waals surface area contributed by atoms with Crippen LogP contribution < -0.4 is 10.6 Å². The minimum atomic E-state index is -0.403. The fourth-order valence-corrected chi connectivity index (χ4v) is 3.50. The maximum atomic E-state index is 12.5. The number of benzene rings is 1. The van der Waals surface area contributed by atoms with Crippen LogP contribution in [0.5, 0.6) is 0 Å². The van der Waals surface area contributed by atoms with Crippen LogP contribution in [0, 0.1) is 0 Å². The number of amides is 2. The van der Waals surface area contributed by atoms with E-state index in [2.05, 4.69) is 25.7 Å². The summed E-state index contributed by atoms with van der Waals surface area (Å²) in [5.41, 5.74) is 2.11. The average molecular weight is 413 g/mol. The lowest BCUT2D eigenvalue weighted by molar-refractivity contribution is -0.114. The molecule has 0 spiro atoms. The van der Waals surface area contributed by atoms with E-state index in [1.54, 1.807) is 16.6 Å². The highest BCUT2D eigenvalue weighted by molar-refractivity contribution is 7.15. The first kappa shape index (κ1) is 18.1. The molecule has 0 atom stereocenters. The van der Waals surface area contributed by atoms with Crippen molar-refractivity contribution in [2.75, 3.05) is 10.6 Å². The first-order chi connectivity index (χ1) is 13.5. The van der Waals surface area contributed by atoms with Crippen LogP contribution in [0.25, 0.3) is 16.2 Å². The second-order valence-electron chi connectivity index (χ2n) is 5.82. The summed E-state index contributed by atoms with van der Waals surface area (Å²) in [5.74, 6) is -0.190. The lowest BCUT2D eigenvalue weighted by atomic mass is 10.2. The van der Waals surface area contributed by atoms with Crippen molar-refractivity contribution in [3.63, 3.8) is 0 Å². The Morgan fingerprint density at radius 2 is 1.93 bits per heavy atom. The number of rotatable bonds is 4. The standard InChI is InChI=1S/C18H13ClN6O2S/c1-10(26)21-15-8-12(6-7-20-15)16(27)22-17-23-18-25(24-17)14(9-28-18)11-2-4-13(19)5-3-11/h2-9H,1H3,(H,20,21,26)(H,22,24,27). The number of aromatic nitrogens is 4. The molecule has 0 bridgehead atoms. The van der Waals surface area contributed by atoms with Gasteiger partial charge >= 0.3 is 0 Å². The molecule has 1 aromatic carbocycles. The Balaban J connectivity index is 1.58. The van der Waals surface area contributed by atoms with E-state index in [1.165, 1.54) is 36.6 Å². The number of nitrogens with zero attached hydrogens (tertiary/aromatic N) is 4. The van der Waals surface area contributed by atoms with Crippen LogP contribution in [0.1, 0.15) is 17.3 Å². The van der Waals surface area contributed by atoms with Gasteiger partial charge in [-0.1, -0.05) is 23.7 Å². The summed E-state index contributed by atoms with van der Waals surface area (Å²) in [6.45, 7) is 1.37. The summed E-state index contributed by atoms with van der Waals surface area (Å²) in [6, 6.07) is 10.4. The molecule has 0 saturated heterocycles. The zero-order chi connectivity index (χ0) is 19.7. The van der Waals surface area contributed by atoms with Gasteiger partial charge in [0.25, 0.3) is 11.9 Å². The number of carbonyl (C=O) groups excluding carboxylic acids is 2. The zero-order valence-corrected chi connectivity index (χ0v) is 16.1. The average Bonchev–Trinajstić information content (AvgIpc) is 3.22. The Morgan fingerprint density at radius 3 is 2.68 bits per heavy atom. The van der Waals surface area contributed by atoms with Gasteiger partial charge in [-0.3, -0.25) is 14.9 Å². The molecule has 8 nitrogen and oxygen atoms in total. The van der Waals surface area contributed by atoms with E-state index in [0.29, 0.717) is 21.4 Å². The van der Waals surface area contributed by atoms with E-state index >= 15 is 0 Å². The van der Waals surface area contributed by atoms with Crippen LogP contribution in [0.15, 0.2) is 48.0 Å². The maximum Gasteiger partial charge on any atom is 0.258 e. The highest BCUT2D eigenvalue weighted by atomic mass is 35.5. The summed E-state index contributed by atoms with van der Waals surface area (Å²) >= 11 is 7.36. The Bertz CT molecular complexity index is 1180. The Kier molecular flexibility index (Phi) is 4.76. The summed E-state index contributed by atoms with van der Waals surface area (Å²) in [7, 11) is 0. The van der Waals surface area contributed by atoms with Gasteiger partial charge in [-0.15, -0.1) is 16.4 Å². The third kappa shape index (κ3) is 3.71. The predicted molar refractivity (Wildman–Crippen MR) is 108 cm³/mol. The van der Waals surface area contributed by atoms with E-state index < -0.39 is 5.91 Å². The molecule has 0 unspecified atom stereocenters. The van der Waals surface area contributed by atoms with Gasteiger partial charge in [0.1, 0.15) is 5.82 Å². The molecule has 0 radical (unpaired) electrons. The molecule has 0 aliphatic heterocycles. The van der Waals surface area contributed by atoms with E-state index in [0.717, 1.165) is 11.3 Å². The quantitative estimate of drug-likeness (QED) is 0.532. The minimum Gasteiger partial charge on any atom is -0.311 e. The van der Waals surface area contributed by atoms with Crippen LogP contribution in [-0.4, -0.2) is 31.4 Å². The van der Waals surface area contributed by atoms with Crippen molar-refractivity contribution in [1.29, 1.82) is 0 Å². The molecule has 3 heterocycles.